The van der Waals surface area contributed by atoms with E-state index in [1.807, 2.05) is 13.8 Å². The van der Waals surface area contributed by atoms with Gasteiger partial charge in [0.05, 0.1) is 20.0 Å². The quantitative estimate of drug-likeness (QED) is 0.172. The predicted molar refractivity (Wildman–Crippen MR) is 134 cm³/mol. The highest BCUT2D eigenvalue weighted by atomic mass is 28.3. The summed E-state index contributed by atoms with van der Waals surface area (Å²) in [6.07, 6.45) is 10.5. The van der Waals surface area contributed by atoms with Crippen molar-refractivity contribution in [2.24, 2.45) is 5.41 Å². The molecule has 1 nitrogen and oxygen atoms in total. The minimum atomic E-state index is -1.08. The van der Waals surface area contributed by atoms with E-state index < -0.39 is 8.07 Å². The van der Waals surface area contributed by atoms with Gasteiger partial charge in [0.25, 0.3) is 0 Å². The van der Waals surface area contributed by atoms with Crippen molar-refractivity contribution in [1.82, 2.24) is 0 Å². The van der Waals surface area contributed by atoms with Gasteiger partial charge in [-0.25, -0.2) is 4.39 Å². The Balaban J connectivity index is 4.48. The van der Waals surface area contributed by atoms with Gasteiger partial charge in [-0.2, -0.15) is 5.26 Å². The van der Waals surface area contributed by atoms with Gasteiger partial charge in [0.2, 0.25) is 0 Å². The monoisotopic (exact) mass is 429 g/mol. The Hall–Kier alpha value is -1.58. The highest BCUT2D eigenvalue weighted by Crippen LogP contribution is 2.27. The van der Waals surface area contributed by atoms with Crippen LogP contribution in [0.4, 0.5) is 4.39 Å². The van der Waals surface area contributed by atoms with Crippen molar-refractivity contribution in [3.05, 3.63) is 34.7 Å². The van der Waals surface area contributed by atoms with Crippen LogP contribution >= 0.6 is 0 Å². The molecule has 30 heavy (non-hydrogen) atoms. The van der Waals surface area contributed by atoms with E-state index in [9.17, 15) is 4.39 Å². The van der Waals surface area contributed by atoms with Crippen LogP contribution in [0.5, 0.6) is 0 Å². The van der Waals surface area contributed by atoms with Crippen molar-refractivity contribution in [2.45, 2.75) is 112 Å². The van der Waals surface area contributed by atoms with E-state index in [1.54, 1.807) is 0 Å². The lowest BCUT2D eigenvalue weighted by atomic mass is 9.85. The molecule has 0 aliphatic carbocycles. The molecule has 0 radical (unpaired) electrons. The third-order valence-corrected chi connectivity index (χ3v) is 6.40. The second-order valence-corrected chi connectivity index (χ2v) is 16.1. The Morgan fingerprint density at radius 1 is 0.933 bits per heavy atom. The van der Waals surface area contributed by atoms with E-state index in [0.717, 1.165) is 43.7 Å². The summed E-state index contributed by atoms with van der Waals surface area (Å²) in [6, 6.07) is 3.22. The van der Waals surface area contributed by atoms with Crippen LogP contribution in [-0.4, -0.2) is 8.07 Å². The van der Waals surface area contributed by atoms with Crippen molar-refractivity contribution < 1.29 is 4.39 Å². The van der Waals surface area contributed by atoms with Crippen LogP contribution in [-0.2, 0) is 0 Å². The predicted octanol–water partition coefficient (Wildman–Crippen LogP) is 9.13. The zero-order valence-corrected chi connectivity index (χ0v) is 21.8. The molecule has 0 aromatic heterocycles. The molecule has 168 valence electrons. The topological polar surface area (TPSA) is 23.8 Å². The molecule has 0 rings (SSSR count). The summed E-state index contributed by atoms with van der Waals surface area (Å²) in [7, 11) is -1.08. The SMILES string of the molecule is C/C(CC/C(C)=C/CC(C)(C)CC#CC[Si](C)(C)C)=C(/F)CC/C=C(\C)CCC#N. The summed E-state index contributed by atoms with van der Waals surface area (Å²) >= 11 is 0. The van der Waals surface area contributed by atoms with Crippen LogP contribution in [0.25, 0.3) is 0 Å². The van der Waals surface area contributed by atoms with Crippen LogP contribution in [0.1, 0.15) is 86.0 Å². The van der Waals surface area contributed by atoms with Gasteiger partial charge < -0.3 is 0 Å². The van der Waals surface area contributed by atoms with Crippen molar-refractivity contribution in [3.63, 3.8) is 0 Å². The molecule has 0 aliphatic heterocycles. The highest BCUT2D eigenvalue weighted by Gasteiger charge is 2.15. The lowest BCUT2D eigenvalue weighted by Gasteiger charge is -2.20. The molecule has 0 heterocycles. The summed E-state index contributed by atoms with van der Waals surface area (Å²) < 4.78 is 14.3. The molecule has 0 amide bonds. The first-order valence-electron chi connectivity index (χ1n) is 11.3. The van der Waals surface area contributed by atoms with Gasteiger partial charge >= 0.3 is 0 Å². The molecule has 0 unspecified atom stereocenters. The summed E-state index contributed by atoms with van der Waals surface area (Å²) in [4.78, 5) is 0. The molecule has 0 fully saturated rings. The molecule has 0 saturated heterocycles. The molecule has 0 aromatic rings. The summed E-state index contributed by atoms with van der Waals surface area (Å²) in [6.45, 7) is 17.7. The fourth-order valence-corrected chi connectivity index (χ4v) is 3.44. The Bertz CT molecular complexity index is 715. The molecular formula is C27H44FNSi. The van der Waals surface area contributed by atoms with Gasteiger partial charge in [0, 0.05) is 25.3 Å². The van der Waals surface area contributed by atoms with E-state index in [4.69, 9.17) is 5.26 Å². The van der Waals surface area contributed by atoms with E-state index >= 15 is 0 Å². The number of nitrogens with zero attached hydrogens (tertiary/aromatic N) is 1. The van der Waals surface area contributed by atoms with Crippen LogP contribution in [0.2, 0.25) is 25.7 Å². The maximum atomic E-state index is 14.3. The van der Waals surface area contributed by atoms with Crippen LogP contribution in [0, 0.1) is 28.6 Å². The van der Waals surface area contributed by atoms with Gasteiger partial charge in [-0.1, -0.05) is 56.8 Å². The minimum Gasteiger partial charge on any atom is -0.212 e. The summed E-state index contributed by atoms with van der Waals surface area (Å²) in [5.41, 5.74) is 3.55. The molecule has 3 heteroatoms. The average Bonchev–Trinajstić information content (AvgIpc) is 2.65. The molecule has 0 N–H and O–H groups in total. The molecule has 0 aromatic carbocycles. The first-order valence-corrected chi connectivity index (χ1v) is 15.0. The fourth-order valence-electron chi connectivity index (χ4n) is 2.79. The van der Waals surface area contributed by atoms with Crippen LogP contribution in [0.3, 0.4) is 0 Å². The Kier molecular flexibility index (Phi) is 13.7. The number of nitriles is 1. The van der Waals surface area contributed by atoms with Gasteiger partial charge in [-0.3, -0.25) is 0 Å². The number of hydrogen-bond donors (Lipinski definition) is 0. The maximum Gasteiger partial charge on any atom is 0.0991 e. The minimum absolute atomic E-state index is 0.0186. The zero-order valence-electron chi connectivity index (χ0n) is 20.8. The van der Waals surface area contributed by atoms with Gasteiger partial charge in [0.1, 0.15) is 0 Å². The molecule has 0 spiro atoms. The second-order valence-electron chi connectivity index (χ2n) is 10.6. The standard InChI is InChI=1S/C27H44FNSi/c1-23(14-12-21-29)13-11-15-26(28)25(3)17-16-24(2)18-20-27(4,5)19-9-10-22-30(6,7)8/h13,18H,11-12,14-17,19-20,22H2,1-8H3/b23-13+,24-18+,26-25-. The highest BCUT2D eigenvalue weighted by molar-refractivity contribution is 6.76. The Labute approximate surface area is 187 Å². The number of hydrogen-bond acceptors (Lipinski definition) is 1. The van der Waals surface area contributed by atoms with Gasteiger partial charge in [0.15, 0.2) is 0 Å². The molecule has 0 bridgehead atoms. The number of halogens is 1. The zero-order chi connectivity index (χ0) is 23.2. The van der Waals surface area contributed by atoms with Crippen LogP contribution in [0.15, 0.2) is 34.7 Å². The maximum absolute atomic E-state index is 14.3. The first-order chi connectivity index (χ1) is 13.9. The number of rotatable bonds is 12. The van der Waals surface area contributed by atoms with Gasteiger partial charge in [-0.15, -0.1) is 11.8 Å². The smallest absolute Gasteiger partial charge is 0.0991 e. The Morgan fingerprint density at radius 2 is 1.57 bits per heavy atom. The van der Waals surface area contributed by atoms with Crippen LogP contribution < -0.4 is 0 Å². The molecular weight excluding hydrogens is 385 g/mol. The molecule has 0 aliphatic rings. The third-order valence-electron chi connectivity index (χ3n) is 5.16. The molecule has 0 atom stereocenters. The second kappa shape index (κ2) is 14.4. The molecule has 0 saturated carbocycles. The average molecular weight is 430 g/mol. The van der Waals surface area contributed by atoms with Crippen molar-refractivity contribution in [3.8, 4) is 17.9 Å². The fraction of sp³-hybridized carbons (Fsp3) is 0.667. The van der Waals surface area contributed by atoms with E-state index in [0.29, 0.717) is 19.3 Å². The van der Waals surface area contributed by atoms with E-state index in [2.05, 4.69) is 70.5 Å². The van der Waals surface area contributed by atoms with E-state index in [-0.39, 0.29) is 11.2 Å². The Morgan fingerprint density at radius 3 is 2.17 bits per heavy atom. The summed E-state index contributed by atoms with van der Waals surface area (Å²) in [5.74, 6) is 6.79. The lowest BCUT2D eigenvalue weighted by Crippen LogP contribution is -2.17. The largest absolute Gasteiger partial charge is 0.212 e. The third kappa shape index (κ3) is 16.2. The first kappa shape index (κ1) is 28.4. The van der Waals surface area contributed by atoms with Crippen molar-refractivity contribution in [1.29, 1.82) is 5.26 Å². The normalized spacial score (nSPS) is 14.0. The number of allylic oxidation sites excluding steroid dienone is 6. The van der Waals surface area contributed by atoms with Crippen molar-refractivity contribution in [2.75, 3.05) is 0 Å². The lowest BCUT2D eigenvalue weighted by molar-refractivity contribution is 0.382. The summed E-state index contributed by atoms with van der Waals surface area (Å²) in [5, 5.41) is 8.61. The van der Waals surface area contributed by atoms with E-state index in [1.165, 1.54) is 11.1 Å². The van der Waals surface area contributed by atoms with Crippen molar-refractivity contribution >= 4 is 8.07 Å². The van der Waals surface area contributed by atoms with Gasteiger partial charge in [-0.05, 0) is 63.9 Å².